The Morgan fingerprint density at radius 3 is 2.68 bits per heavy atom. The third-order valence-electron chi connectivity index (χ3n) is 3.75. The van der Waals surface area contributed by atoms with Crippen LogP contribution in [0.2, 0.25) is 0 Å². The van der Waals surface area contributed by atoms with Crippen LogP contribution in [0.1, 0.15) is 33.3 Å². The average Bonchev–Trinajstić information content (AvgIpc) is 2.45. The van der Waals surface area contributed by atoms with E-state index < -0.39 is 6.10 Å². The lowest BCUT2D eigenvalue weighted by Gasteiger charge is -2.34. The molecule has 0 bridgehead atoms. The first-order valence-electron chi connectivity index (χ1n) is 7.75. The Morgan fingerprint density at radius 2 is 2.05 bits per heavy atom. The third-order valence-corrected chi connectivity index (χ3v) is 3.75. The van der Waals surface area contributed by atoms with Crippen molar-refractivity contribution < 1.29 is 14.3 Å². The number of ether oxygens (including phenoxy) is 2. The molecule has 0 aromatic heterocycles. The first-order valence-corrected chi connectivity index (χ1v) is 7.75. The number of benzene rings is 1. The molecule has 1 aromatic rings. The van der Waals surface area contributed by atoms with Crippen LogP contribution in [0.4, 0.5) is 5.69 Å². The predicted molar refractivity (Wildman–Crippen MR) is 87.5 cm³/mol. The molecule has 1 amide bonds. The number of hydrogen-bond acceptors (Lipinski definition) is 4. The monoisotopic (exact) mass is 306 g/mol. The zero-order chi connectivity index (χ0) is 16.3. The number of carbonyl (C=O) groups is 1. The van der Waals surface area contributed by atoms with E-state index in [1.54, 1.807) is 11.8 Å². The van der Waals surface area contributed by atoms with E-state index in [0.717, 1.165) is 11.4 Å². The summed E-state index contributed by atoms with van der Waals surface area (Å²) in [4.78, 5) is 14.2. The molecule has 22 heavy (non-hydrogen) atoms. The lowest BCUT2D eigenvalue weighted by Crippen LogP contribution is -2.46. The van der Waals surface area contributed by atoms with Crippen molar-refractivity contribution in [2.24, 2.45) is 5.73 Å². The number of hydrogen-bond donors (Lipinski definition) is 1. The molecule has 1 atom stereocenters. The van der Waals surface area contributed by atoms with Gasteiger partial charge >= 0.3 is 0 Å². The molecular weight excluding hydrogens is 280 g/mol. The molecule has 1 aliphatic rings. The zero-order valence-electron chi connectivity index (χ0n) is 13.9. The lowest BCUT2D eigenvalue weighted by atomic mass is 9.86. The van der Waals surface area contributed by atoms with Crippen LogP contribution in [-0.2, 0) is 14.9 Å². The summed E-state index contributed by atoms with van der Waals surface area (Å²) < 4.78 is 11.1. The minimum atomic E-state index is -0.470. The molecule has 1 aromatic carbocycles. The van der Waals surface area contributed by atoms with Crippen molar-refractivity contribution in [1.29, 1.82) is 0 Å². The molecule has 2 rings (SSSR count). The molecule has 5 nitrogen and oxygen atoms in total. The zero-order valence-corrected chi connectivity index (χ0v) is 13.9. The fourth-order valence-corrected chi connectivity index (χ4v) is 2.45. The van der Waals surface area contributed by atoms with Crippen LogP contribution in [-0.4, -0.2) is 38.3 Å². The molecule has 122 valence electrons. The van der Waals surface area contributed by atoms with E-state index in [9.17, 15) is 4.79 Å². The second-order valence-corrected chi connectivity index (χ2v) is 6.58. The first-order chi connectivity index (χ1) is 10.3. The van der Waals surface area contributed by atoms with Gasteiger partial charge in [-0.15, -0.1) is 0 Å². The van der Waals surface area contributed by atoms with E-state index in [1.165, 1.54) is 5.56 Å². The quantitative estimate of drug-likeness (QED) is 0.846. The number of nitrogens with two attached hydrogens (primary N) is 1. The standard InChI is InChI=1S/C17H26N2O3/c1-12-16(20)19(8-10-21-9-7-18)14-11-13(17(2,3)4)5-6-15(14)22-12/h5-6,11-12H,7-10,18H2,1-4H3. The highest BCUT2D eigenvalue weighted by Crippen LogP contribution is 2.37. The number of anilines is 1. The molecule has 0 saturated carbocycles. The molecule has 0 saturated heterocycles. The maximum Gasteiger partial charge on any atom is 0.267 e. The molecule has 0 aliphatic carbocycles. The van der Waals surface area contributed by atoms with Crippen LogP contribution in [0.15, 0.2) is 18.2 Å². The highest BCUT2D eigenvalue weighted by Gasteiger charge is 2.32. The smallest absolute Gasteiger partial charge is 0.267 e. The van der Waals surface area contributed by atoms with Gasteiger partial charge in [0.15, 0.2) is 6.10 Å². The second-order valence-electron chi connectivity index (χ2n) is 6.58. The Labute approximate surface area is 132 Å². The summed E-state index contributed by atoms with van der Waals surface area (Å²) in [6.45, 7) is 10.2. The number of fused-ring (bicyclic) bond motifs is 1. The van der Waals surface area contributed by atoms with Crippen molar-refractivity contribution in [3.63, 3.8) is 0 Å². The van der Waals surface area contributed by atoms with Gasteiger partial charge in [-0.3, -0.25) is 4.79 Å². The molecule has 1 unspecified atom stereocenters. The Hall–Kier alpha value is -1.59. The van der Waals surface area contributed by atoms with Gasteiger partial charge in [-0.2, -0.15) is 0 Å². The van der Waals surface area contributed by atoms with Gasteiger partial charge in [0.2, 0.25) is 0 Å². The molecular formula is C17H26N2O3. The topological polar surface area (TPSA) is 64.8 Å². The number of carbonyl (C=O) groups excluding carboxylic acids is 1. The summed E-state index contributed by atoms with van der Waals surface area (Å²) in [5, 5.41) is 0. The van der Waals surface area contributed by atoms with Crippen LogP contribution >= 0.6 is 0 Å². The number of rotatable bonds is 5. The van der Waals surface area contributed by atoms with Crippen molar-refractivity contribution in [1.82, 2.24) is 0 Å². The third kappa shape index (κ3) is 3.59. The van der Waals surface area contributed by atoms with Crippen molar-refractivity contribution in [2.45, 2.75) is 39.2 Å². The first kappa shape index (κ1) is 16.8. The van der Waals surface area contributed by atoms with Crippen LogP contribution in [0, 0.1) is 0 Å². The fourth-order valence-electron chi connectivity index (χ4n) is 2.45. The van der Waals surface area contributed by atoms with Gasteiger partial charge < -0.3 is 20.1 Å². The molecule has 0 spiro atoms. The molecule has 0 radical (unpaired) electrons. The molecule has 1 heterocycles. The van der Waals surface area contributed by atoms with E-state index >= 15 is 0 Å². The predicted octanol–water partition coefficient (Wildman–Crippen LogP) is 2.07. The van der Waals surface area contributed by atoms with Gasteiger partial charge in [0.1, 0.15) is 5.75 Å². The van der Waals surface area contributed by atoms with E-state index in [4.69, 9.17) is 15.2 Å². The summed E-state index contributed by atoms with van der Waals surface area (Å²) in [5.74, 6) is 0.717. The van der Waals surface area contributed by atoms with Crippen molar-refractivity contribution >= 4 is 11.6 Å². The van der Waals surface area contributed by atoms with Gasteiger partial charge in [0.05, 0.1) is 18.9 Å². The Balaban J connectivity index is 2.27. The van der Waals surface area contributed by atoms with Gasteiger partial charge in [-0.05, 0) is 30.0 Å². The summed E-state index contributed by atoms with van der Waals surface area (Å²) in [5.41, 5.74) is 7.43. The second kappa shape index (κ2) is 6.67. The molecule has 5 heteroatoms. The van der Waals surface area contributed by atoms with E-state index in [-0.39, 0.29) is 11.3 Å². The molecule has 0 fully saturated rings. The summed E-state index contributed by atoms with van der Waals surface area (Å²) in [6.07, 6.45) is -0.470. The maximum absolute atomic E-state index is 12.4. The SMILES string of the molecule is CC1Oc2ccc(C(C)(C)C)cc2N(CCOCCN)C1=O. The van der Waals surface area contributed by atoms with Crippen LogP contribution in [0.5, 0.6) is 5.75 Å². The Kier molecular flexibility index (Phi) is 5.08. The van der Waals surface area contributed by atoms with Gasteiger partial charge in [-0.25, -0.2) is 0 Å². The van der Waals surface area contributed by atoms with Crippen molar-refractivity contribution in [2.75, 3.05) is 31.2 Å². The average molecular weight is 306 g/mol. The highest BCUT2D eigenvalue weighted by molar-refractivity contribution is 5.99. The molecule has 1 aliphatic heterocycles. The maximum atomic E-state index is 12.4. The minimum absolute atomic E-state index is 0.0167. The Bertz CT molecular complexity index is 537. The van der Waals surface area contributed by atoms with Crippen molar-refractivity contribution in [3.05, 3.63) is 23.8 Å². The summed E-state index contributed by atoms with van der Waals surface area (Å²) in [7, 11) is 0. The van der Waals surface area contributed by atoms with Crippen LogP contribution in [0.25, 0.3) is 0 Å². The number of nitrogens with zero attached hydrogens (tertiary/aromatic N) is 1. The van der Waals surface area contributed by atoms with Gasteiger partial charge in [-0.1, -0.05) is 26.8 Å². The largest absolute Gasteiger partial charge is 0.479 e. The summed E-state index contributed by atoms with van der Waals surface area (Å²) >= 11 is 0. The number of amides is 1. The van der Waals surface area contributed by atoms with E-state index in [1.807, 2.05) is 12.1 Å². The normalized spacial score (nSPS) is 18.1. The lowest BCUT2D eigenvalue weighted by molar-refractivity contribution is -0.125. The van der Waals surface area contributed by atoms with Crippen LogP contribution in [0.3, 0.4) is 0 Å². The molecule has 2 N–H and O–H groups in total. The highest BCUT2D eigenvalue weighted by atomic mass is 16.5. The fraction of sp³-hybridized carbons (Fsp3) is 0.588. The minimum Gasteiger partial charge on any atom is -0.479 e. The Morgan fingerprint density at radius 1 is 1.32 bits per heavy atom. The van der Waals surface area contributed by atoms with Gasteiger partial charge in [0, 0.05) is 13.1 Å². The van der Waals surface area contributed by atoms with Crippen molar-refractivity contribution in [3.8, 4) is 5.75 Å². The summed E-state index contributed by atoms with van der Waals surface area (Å²) in [6, 6.07) is 6.05. The van der Waals surface area contributed by atoms with Gasteiger partial charge in [0.25, 0.3) is 5.91 Å². The van der Waals surface area contributed by atoms with E-state index in [0.29, 0.717) is 26.3 Å². The van der Waals surface area contributed by atoms with Crippen LogP contribution < -0.4 is 15.4 Å². The van der Waals surface area contributed by atoms with E-state index in [2.05, 4.69) is 26.8 Å².